The number of nitrogens with zero attached hydrogens (tertiary/aromatic N) is 1. The van der Waals surface area contributed by atoms with Gasteiger partial charge in [-0.3, -0.25) is 9.36 Å². The fourth-order valence-corrected chi connectivity index (χ4v) is 2.30. The molecule has 0 amide bonds. The summed E-state index contributed by atoms with van der Waals surface area (Å²) in [7, 11) is 1.54. The molecule has 5 heteroatoms. The zero-order chi connectivity index (χ0) is 11.4. The summed E-state index contributed by atoms with van der Waals surface area (Å²) in [6.45, 7) is 0. The minimum atomic E-state index is -1.42. The number of rotatable bonds is 0. The first-order valence-corrected chi connectivity index (χ1v) is 5.13. The van der Waals surface area contributed by atoms with Crippen molar-refractivity contribution in [3.05, 3.63) is 30.0 Å². The second-order valence-electron chi connectivity index (χ2n) is 4.12. The number of alkyl halides is 1. The summed E-state index contributed by atoms with van der Waals surface area (Å²) in [6, 6.07) is 6.90. The Hall–Kier alpha value is -1.78. The first kappa shape index (κ1) is 9.45. The van der Waals surface area contributed by atoms with E-state index in [-0.39, 0.29) is 17.4 Å². The molecule has 0 saturated heterocycles. The second kappa shape index (κ2) is 2.87. The van der Waals surface area contributed by atoms with E-state index in [0.29, 0.717) is 10.9 Å². The normalized spacial score (nSPS) is 23.9. The highest BCUT2D eigenvalue weighted by Crippen LogP contribution is 2.46. The highest BCUT2D eigenvalue weighted by Gasteiger charge is 2.41. The van der Waals surface area contributed by atoms with E-state index in [2.05, 4.69) is 0 Å². The third kappa shape index (κ3) is 0.906. The molecule has 80 valence electrons. The summed E-state index contributed by atoms with van der Waals surface area (Å²) in [4.78, 5) is 11.8. The molecule has 1 aromatic carbocycles. The molecule has 0 radical (unpaired) electrons. The standard InChI is InChI=1S/C11H9BFNO2/c12-7-8(13)9-10(15)5-3-1-2-4-6(5)14(9)11(7)16/h1-4,7-8,15H,12H2. The van der Waals surface area contributed by atoms with E-state index in [4.69, 9.17) is 0 Å². The summed E-state index contributed by atoms with van der Waals surface area (Å²) < 4.78 is 15.1. The van der Waals surface area contributed by atoms with Crippen molar-refractivity contribution < 1.29 is 14.3 Å². The van der Waals surface area contributed by atoms with Gasteiger partial charge in [0.25, 0.3) is 0 Å². The van der Waals surface area contributed by atoms with Crippen molar-refractivity contribution in [2.45, 2.75) is 12.0 Å². The first-order valence-electron chi connectivity index (χ1n) is 5.13. The molecule has 2 aromatic rings. The van der Waals surface area contributed by atoms with Gasteiger partial charge in [-0.25, -0.2) is 4.39 Å². The number of carbonyl (C=O) groups excluding carboxylic acids is 1. The van der Waals surface area contributed by atoms with Gasteiger partial charge in [0.1, 0.15) is 25.5 Å². The Labute approximate surface area is 91.9 Å². The number of aromatic nitrogens is 1. The fourth-order valence-electron chi connectivity index (χ4n) is 2.30. The SMILES string of the molecule is BC1C(=O)n2c(c(O)c3ccccc32)C1F. The van der Waals surface area contributed by atoms with Gasteiger partial charge >= 0.3 is 0 Å². The van der Waals surface area contributed by atoms with Gasteiger partial charge in [-0.05, 0) is 12.1 Å². The highest BCUT2D eigenvalue weighted by molar-refractivity contribution is 6.27. The van der Waals surface area contributed by atoms with Crippen molar-refractivity contribution in [3.8, 4) is 5.75 Å². The van der Waals surface area contributed by atoms with Crippen LogP contribution in [0, 0.1) is 0 Å². The summed E-state index contributed by atoms with van der Waals surface area (Å²) in [5, 5.41) is 10.4. The maximum atomic E-state index is 13.9. The van der Waals surface area contributed by atoms with Crippen molar-refractivity contribution in [2.75, 3.05) is 0 Å². The molecule has 2 atom stereocenters. The lowest BCUT2D eigenvalue weighted by molar-refractivity contribution is 0.0914. The molecular formula is C11H9BFNO2. The molecule has 16 heavy (non-hydrogen) atoms. The van der Waals surface area contributed by atoms with Crippen LogP contribution in [0.4, 0.5) is 4.39 Å². The Morgan fingerprint density at radius 3 is 2.81 bits per heavy atom. The van der Waals surface area contributed by atoms with E-state index in [1.165, 1.54) is 12.4 Å². The first-order chi connectivity index (χ1) is 7.63. The number of para-hydroxylation sites is 1. The van der Waals surface area contributed by atoms with Gasteiger partial charge in [0.2, 0.25) is 5.91 Å². The molecule has 0 aliphatic carbocycles. The van der Waals surface area contributed by atoms with Crippen LogP contribution in [0.5, 0.6) is 5.75 Å². The number of hydrogen-bond donors (Lipinski definition) is 1. The van der Waals surface area contributed by atoms with E-state index in [0.717, 1.165) is 0 Å². The van der Waals surface area contributed by atoms with Crippen LogP contribution in [0.25, 0.3) is 10.9 Å². The Morgan fingerprint density at radius 1 is 1.38 bits per heavy atom. The van der Waals surface area contributed by atoms with E-state index in [9.17, 15) is 14.3 Å². The Kier molecular flexibility index (Phi) is 1.70. The predicted molar refractivity (Wildman–Crippen MR) is 60.4 cm³/mol. The summed E-state index contributed by atoms with van der Waals surface area (Å²) in [6.07, 6.45) is -1.42. The molecule has 0 fully saturated rings. The van der Waals surface area contributed by atoms with Crippen molar-refractivity contribution in [3.63, 3.8) is 0 Å². The maximum Gasteiger partial charge on any atom is 0.229 e. The fraction of sp³-hybridized carbons (Fsp3) is 0.182. The van der Waals surface area contributed by atoms with Crippen LogP contribution in [0.1, 0.15) is 16.7 Å². The second-order valence-corrected chi connectivity index (χ2v) is 4.12. The van der Waals surface area contributed by atoms with Crippen molar-refractivity contribution in [2.24, 2.45) is 0 Å². The molecule has 1 aliphatic heterocycles. The lowest BCUT2D eigenvalue weighted by atomic mass is 9.83. The Balaban J connectivity index is 2.46. The van der Waals surface area contributed by atoms with Crippen LogP contribution in [-0.2, 0) is 0 Å². The number of hydrogen-bond acceptors (Lipinski definition) is 2. The van der Waals surface area contributed by atoms with E-state index in [1.807, 2.05) is 0 Å². The zero-order valence-corrected chi connectivity index (χ0v) is 8.64. The van der Waals surface area contributed by atoms with Crippen molar-refractivity contribution in [1.29, 1.82) is 0 Å². The average molecular weight is 217 g/mol. The summed E-state index contributed by atoms with van der Waals surface area (Å²) in [5.41, 5.74) is 0.672. The van der Waals surface area contributed by atoms with Crippen LogP contribution in [0.15, 0.2) is 24.3 Å². The molecule has 3 rings (SSSR count). The summed E-state index contributed by atoms with van der Waals surface area (Å²) >= 11 is 0. The van der Waals surface area contributed by atoms with Gasteiger partial charge in [0.05, 0.1) is 5.52 Å². The van der Waals surface area contributed by atoms with E-state index >= 15 is 0 Å². The number of carbonyl (C=O) groups is 1. The van der Waals surface area contributed by atoms with Crippen molar-refractivity contribution in [1.82, 2.24) is 4.57 Å². The zero-order valence-electron chi connectivity index (χ0n) is 8.64. The van der Waals surface area contributed by atoms with Crippen LogP contribution < -0.4 is 0 Å². The smallest absolute Gasteiger partial charge is 0.229 e. The molecule has 0 spiro atoms. The van der Waals surface area contributed by atoms with Crippen LogP contribution >= 0.6 is 0 Å². The number of halogens is 1. The predicted octanol–water partition coefficient (Wildman–Crippen LogP) is 1.43. The molecule has 2 unspecified atom stereocenters. The van der Waals surface area contributed by atoms with Gasteiger partial charge in [0.15, 0.2) is 0 Å². The minimum absolute atomic E-state index is 0.0960. The lowest BCUT2D eigenvalue weighted by Crippen LogP contribution is -2.09. The molecular weight excluding hydrogens is 208 g/mol. The maximum absolute atomic E-state index is 13.9. The molecule has 1 aromatic heterocycles. The number of benzene rings is 1. The van der Waals surface area contributed by atoms with E-state index < -0.39 is 12.0 Å². The van der Waals surface area contributed by atoms with Gasteiger partial charge in [-0.1, -0.05) is 12.1 Å². The third-order valence-corrected chi connectivity index (χ3v) is 3.19. The number of aromatic hydroxyl groups is 1. The molecule has 0 bridgehead atoms. The van der Waals surface area contributed by atoms with E-state index in [1.54, 1.807) is 24.3 Å². The van der Waals surface area contributed by atoms with Crippen molar-refractivity contribution >= 4 is 24.7 Å². The van der Waals surface area contributed by atoms with Gasteiger partial charge in [-0.2, -0.15) is 0 Å². The molecule has 0 saturated carbocycles. The topological polar surface area (TPSA) is 42.2 Å². The third-order valence-electron chi connectivity index (χ3n) is 3.19. The van der Waals surface area contributed by atoms with Crippen LogP contribution in [0.2, 0.25) is 5.82 Å². The number of fused-ring (bicyclic) bond motifs is 3. The Bertz CT molecular complexity index is 607. The molecule has 2 heterocycles. The monoisotopic (exact) mass is 217 g/mol. The minimum Gasteiger partial charge on any atom is -0.505 e. The molecule has 3 nitrogen and oxygen atoms in total. The Morgan fingerprint density at radius 2 is 2.06 bits per heavy atom. The largest absolute Gasteiger partial charge is 0.505 e. The van der Waals surface area contributed by atoms with Crippen LogP contribution in [-0.4, -0.2) is 23.4 Å². The van der Waals surface area contributed by atoms with Gasteiger partial charge < -0.3 is 5.11 Å². The van der Waals surface area contributed by atoms with Gasteiger partial charge in [-0.15, -0.1) is 0 Å². The van der Waals surface area contributed by atoms with Crippen LogP contribution in [0.3, 0.4) is 0 Å². The molecule has 1 N–H and O–H groups in total. The van der Waals surface area contributed by atoms with Gasteiger partial charge in [0, 0.05) is 11.2 Å². The lowest BCUT2D eigenvalue weighted by Gasteiger charge is -2.03. The summed E-state index contributed by atoms with van der Waals surface area (Å²) in [5.74, 6) is -1.12. The molecule has 1 aliphatic rings. The quantitative estimate of drug-likeness (QED) is 0.678. The average Bonchev–Trinajstić information content (AvgIpc) is 2.71. The highest BCUT2D eigenvalue weighted by atomic mass is 19.1.